The third kappa shape index (κ3) is 3.57. The summed E-state index contributed by atoms with van der Waals surface area (Å²) in [5.41, 5.74) is 1.80. The number of likely N-dealkylation sites (tertiary alicyclic amines) is 2. The summed E-state index contributed by atoms with van der Waals surface area (Å²) in [5.74, 6) is 0.522. The van der Waals surface area contributed by atoms with E-state index < -0.39 is 0 Å². The van der Waals surface area contributed by atoms with Crippen molar-refractivity contribution in [3.8, 4) is 0 Å². The molecule has 0 N–H and O–H groups in total. The Morgan fingerprint density at radius 3 is 2.22 bits per heavy atom. The highest BCUT2D eigenvalue weighted by molar-refractivity contribution is 5.95. The highest BCUT2D eigenvalue weighted by Gasteiger charge is 2.31. The normalized spacial score (nSPS) is 19.7. The number of carbonyl (C=O) groups excluding carboxylic acids is 2. The van der Waals surface area contributed by atoms with E-state index in [1.807, 2.05) is 41.0 Å². The fourth-order valence-corrected chi connectivity index (χ4v) is 3.69. The summed E-state index contributed by atoms with van der Waals surface area (Å²) >= 11 is 0. The van der Waals surface area contributed by atoms with Crippen LogP contribution < -0.4 is 0 Å². The van der Waals surface area contributed by atoms with Gasteiger partial charge in [0.15, 0.2) is 0 Å². The molecule has 2 saturated heterocycles. The first-order valence-electron chi connectivity index (χ1n) is 8.80. The van der Waals surface area contributed by atoms with Gasteiger partial charge in [0.2, 0.25) is 5.91 Å². The Balaban J connectivity index is 1.57. The van der Waals surface area contributed by atoms with Gasteiger partial charge >= 0.3 is 0 Å². The topological polar surface area (TPSA) is 40.6 Å². The lowest BCUT2D eigenvalue weighted by atomic mass is 9.93. The molecule has 2 fully saturated rings. The van der Waals surface area contributed by atoms with Gasteiger partial charge in [0, 0.05) is 37.7 Å². The Morgan fingerprint density at radius 2 is 1.57 bits per heavy atom. The zero-order valence-electron chi connectivity index (χ0n) is 14.0. The smallest absolute Gasteiger partial charge is 0.254 e. The molecule has 0 radical (unpaired) electrons. The fourth-order valence-electron chi connectivity index (χ4n) is 3.69. The largest absolute Gasteiger partial charge is 0.342 e. The molecule has 3 rings (SSSR count). The van der Waals surface area contributed by atoms with Gasteiger partial charge in [-0.2, -0.15) is 0 Å². The van der Waals surface area contributed by atoms with Gasteiger partial charge in [0.05, 0.1) is 0 Å². The highest BCUT2D eigenvalue weighted by atomic mass is 16.2. The number of amides is 2. The number of hydrogen-bond acceptors (Lipinski definition) is 2. The molecule has 0 aromatic heterocycles. The summed E-state index contributed by atoms with van der Waals surface area (Å²) in [7, 11) is 0. The van der Waals surface area contributed by atoms with Gasteiger partial charge in [-0.05, 0) is 50.7 Å². The molecule has 0 saturated carbocycles. The van der Waals surface area contributed by atoms with Crippen molar-refractivity contribution < 1.29 is 9.59 Å². The van der Waals surface area contributed by atoms with Gasteiger partial charge in [0.1, 0.15) is 0 Å². The summed E-state index contributed by atoms with van der Waals surface area (Å²) in [6, 6.07) is 7.73. The van der Waals surface area contributed by atoms with Crippen molar-refractivity contribution in [2.75, 3.05) is 26.2 Å². The first kappa shape index (κ1) is 16.0. The van der Waals surface area contributed by atoms with Gasteiger partial charge in [-0.1, -0.05) is 18.2 Å². The summed E-state index contributed by atoms with van der Waals surface area (Å²) in [6.45, 7) is 5.19. The molecule has 0 spiro atoms. The molecule has 0 unspecified atom stereocenters. The Labute approximate surface area is 138 Å². The van der Waals surface area contributed by atoms with Crippen molar-refractivity contribution >= 4 is 11.8 Å². The zero-order chi connectivity index (χ0) is 16.2. The van der Waals surface area contributed by atoms with E-state index in [4.69, 9.17) is 0 Å². The van der Waals surface area contributed by atoms with Crippen LogP contribution in [0.1, 0.15) is 48.0 Å². The van der Waals surface area contributed by atoms with E-state index in [0.29, 0.717) is 19.0 Å². The fraction of sp³-hybridized carbons (Fsp3) is 0.579. The number of aryl methyl sites for hydroxylation is 1. The van der Waals surface area contributed by atoms with E-state index in [9.17, 15) is 9.59 Å². The summed E-state index contributed by atoms with van der Waals surface area (Å²) in [4.78, 5) is 29.1. The van der Waals surface area contributed by atoms with E-state index in [1.165, 1.54) is 6.42 Å². The predicted molar refractivity (Wildman–Crippen MR) is 90.2 cm³/mol. The standard InChI is InChI=1S/C19H26N2O2/c1-15-7-3-4-8-17(15)19(23)21-13-9-16(10-14-21)18(22)20-11-5-2-6-12-20/h3-4,7-8,16H,2,5-6,9-14H2,1H3. The third-order valence-corrected chi connectivity index (χ3v) is 5.17. The lowest BCUT2D eigenvalue weighted by Gasteiger charge is -2.35. The average molecular weight is 314 g/mol. The minimum Gasteiger partial charge on any atom is -0.342 e. The van der Waals surface area contributed by atoms with Gasteiger partial charge in [-0.15, -0.1) is 0 Å². The van der Waals surface area contributed by atoms with Crippen LogP contribution in [0.5, 0.6) is 0 Å². The summed E-state index contributed by atoms with van der Waals surface area (Å²) in [6.07, 6.45) is 5.11. The van der Waals surface area contributed by atoms with Gasteiger partial charge < -0.3 is 9.80 Å². The molecule has 0 aliphatic carbocycles. The zero-order valence-corrected chi connectivity index (χ0v) is 14.0. The molecule has 2 amide bonds. The van der Waals surface area contributed by atoms with Crippen LogP contribution in [0.2, 0.25) is 0 Å². The Hall–Kier alpha value is -1.84. The molecule has 2 heterocycles. The van der Waals surface area contributed by atoms with E-state index in [2.05, 4.69) is 0 Å². The number of rotatable bonds is 2. The molecule has 2 aliphatic heterocycles. The maximum absolute atomic E-state index is 12.6. The van der Waals surface area contributed by atoms with Crippen molar-refractivity contribution in [3.63, 3.8) is 0 Å². The molecule has 23 heavy (non-hydrogen) atoms. The SMILES string of the molecule is Cc1ccccc1C(=O)N1CCC(C(=O)N2CCCCC2)CC1. The molecular weight excluding hydrogens is 288 g/mol. The number of carbonyl (C=O) groups is 2. The van der Waals surface area contributed by atoms with Crippen molar-refractivity contribution in [2.24, 2.45) is 5.92 Å². The average Bonchev–Trinajstić information content (AvgIpc) is 2.62. The molecule has 0 bridgehead atoms. The first-order chi connectivity index (χ1) is 11.2. The summed E-state index contributed by atoms with van der Waals surface area (Å²) in [5, 5.41) is 0. The molecule has 1 aromatic rings. The lowest BCUT2D eigenvalue weighted by Crippen LogP contribution is -2.45. The Kier molecular flexibility index (Phi) is 4.99. The van der Waals surface area contributed by atoms with Gasteiger partial charge in [0.25, 0.3) is 5.91 Å². The molecule has 4 nitrogen and oxygen atoms in total. The molecular formula is C19H26N2O2. The highest BCUT2D eigenvalue weighted by Crippen LogP contribution is 2.23. The number of nitrogens with zero attached hydrogens (tertiary/aromatic N) is 2. The van der Waals surface area contributed by atoms with Crippen molar-refractivity contribution in [1.29, 1.82) is 0 Å². The lowest BCUT2D eigenvalue weighted by molar-refractivity contribution is -0.137. The van der Waals surface area contributed by atoms with Crippen LogP contribution in [0, 0.1) is 12.8 Å². The van der Waals surface area contributed by atoms with Crippen LogP contribution >= 0.6 is 0 Å². The number of benzene rings is 1. The minimum absolute atomic E-state index is 0.104. The van der Waals surface area contributed by atoms with Gasteiger partial charge in [-0.3, -0.25) is 9.59 Å². The van der Waals surface area contributed by atoms with Crippen molar-refractivity contribution in [2.45, 2.75) is 39.0 Å². The second kappa shape index (κ2) is 7.16. The van der Waals surface area contributed by atoms with Crippen molar-refractivity contribution in [1.82, 2.24) is 9.80 Å². The first-order valence-corrected chi connectivity index (χ1v) is 8.80. The second-order valence-corrected chi connectivity index (χ2v) is 6.77. The Morgan fingerprint density at radius 1 is 0.913 bits per heavy atom. The molecule has 124 valence electrons. The van der Waals surface area contributed by atoms with Crippen LogP contribution in [-0.4, -0.2) is 47.8 Å². The van der Waals surface area contributed by atoms with Gasteiger partial charge in [-0.25, -0.2) is 0 Å². The van der Waals surface area contributed by atoms with Crippen molar-refractivity contribution in [3.05, 3.63) is 35.4 Å². The summed E-state index contributed by atoms with van der Waals surface area (Å²) < 4.78 is 0. The molecule has 4 heteroatoms. The number of piperidine rings is 2. The van der Waals surface area contributed by atoms with Crippen LogP contribution in [0.25, 0.3) is 0 Å². The van der Waals surface area contributed by atoms with E-state index >= 15 is 0 Å². The number of hydrogen-bond donors (Lipinski definition) is 0. The maximum Gasteiger partial charge on any atom is 0.254 e. The van der Waals surface area contributed by atoms with Crippen LogP contribution in [0.3, 0.4) is 0 Å². The molecule has 2 aliphatic rings. The van der Waals surface area contributed by atoms with Crippen LogP contribution in [-0.2, 0) is 4.79 Å². The molecule has 1 aromatic carbocycles. The van der Waals surface area contributed by atoms with E-state index in [0.717, 1.165) is 49.9 Å². The third-order valence-electron chi connectivity index (χ3n) is 5.17. The monoisotopic (exact) mass is 314 g/mol. The Bertz CT molecular complexity index is 570. The van der Waals surface area contributed by atoms with E-state index in [1.54, 1.807) is 0 Å². The van der Waals surface area contributed by atoms with Crippen LogP contribution in [0.15, 0.2) is 24.3 Å². The molecule has 0 atom stereocenters. The maximum atomic E-state index is 12.6. The minimum atomic E-state index is 0.104. The van der Waals surface area contributed by atoms with E-state index in [-0.39, 0.29) is 11.8 Å². The quantitative estimate of drug-likeness (QED) is 0.842. The second-order valence-electron chi connectivity index (χ2n) is 6.77. The predicted octanol–water partition coefficient (Wildman–Crippen LogP) is 2.86. The van der Waals surface area contributed by atoms with Crippen LogP contribution in [0.4, 0.5) is 0 Å².